The van der Waals surface area contributed by atoms with Gasteiger partial charge in [-0.3, -0.25) is 0 Å². The van der Waals surface area contributed by atoms with Crippen molar-refractivity contribution in [2.24, 2.45) is 0 Å². The van der Waals surface area contributed by atoms with Crippen LogP contribution in [0.4, 0.5) is 0 Å². The van der Waals surface area contributed by atoms with Crippen molar-refractivity contribution >= 4 is 22.8 Å². The summed E-state index contributed by atoms with van der Waals surface area (Å²) in [5.41, 5.74) is 2.04. The number of nitrogens with zero attached hydrogens (tertiary/aromatic N) is 2. The number of fused-ring (bicyclic) bond motifs is 1. The van der Waals surface area contributed by atoms with Gasteiger partial charge in [-0.25, -0.2) is 9.97 Å². The van der Waals surface area contributed by atoms with Gasteiger partial charge in [-0.2, -0.15) is 0 Å². The fourth-order valence-electron chi connectivity index (χ4n) is 1.44. The summed E-state index contributed by atoms with van der Waals surface area (Å²) in [5.74, 6) is 0.938. The first-order valence-corrected chi connectivity index (χ1v) is 5.51. The molecule has 2 heterocycles. The van der Waals surface area contributed by atoms with E-state index in [4.69, 9.17) is 16.0 Å². The Kier molecular flexibility index (Phi) is 2.91. The lowest BCUT2D eigenvalue weighted by molar-refractivity contribution is 0.527. The van der Waals surface area contributed by atoms with E-state index in [1.165, 1.54) is 0 Å². The van der Waals surface area contributed by atoms with E-state index in [2.05, 4.69) is 16.9 Å². The summed E-state index contributed by atoms with van der Waals surface area (Å²) in [5, 5.41) is 0.449. The Bertz CT molecular complexity index is 440. The van der Waals surface area contributed by atoms with Gasteiger partial charge in [0.2, 0.25) is 5.71 Å². The summed E-state index contributed by atoms with van der Waals surface area (Å²) in [6.07, 6.45) is 3.20. The number of furan rings is 1. The van der Waals surface area contributed by atoms with Crippen LogP contribution in [0, 0.1) is 6.92 Å². The van der Waals surface area contributed by atoms with Crippen LogP contribution >= 0.6 is 11.6 Å². The molecule has 3 nitrogen and oxygen atoms in total. The highest BCUT2D eigenvalue weighted by Crippen LogP contribution is 2.20. The summed E-state index contributed by atoms with van der Waals surface area (Å²) in [6.45, 7) is 3.98. The van der Waals surface area contributed by atoms with Gasteiger partial charge in [0.15, 0.2) is 5.15 Å². The standard InChI is InChI=1S/C11H13ClN2O/c1-3-4-5-8-6-9-11(15-8)13-7(2)10(12)14-9/h6H,3-5H2,1-2H3. The third kappa shape index (κ3) is 2.12. The molecule has 0 bridgehead atoms. The number of unbranched alkanes of at least 4 members (excludes halogenated alkanes) is 1. The molecule has 0 N–H and O–H groups in total. The minimum atomic E-state index is 0.449. The van der Waals surface area contributed by atoms with Crippen LogP contribution in [0.1, 0.15) is 31.2 Å². The highest BCUT2D eigenvalue weighted by atomic mass is 35.5. The van der Waals surface area contributed by atoms with E-state index in [0.717, 1.165) is 30.5 Å². The van der Waals surface area contributed by atoms with Crippen LogP contribution in [0.5, 0.6) is 0 Å². The van der Waals surface area contributed by atoms with E-state index in [0.29, 0.717) is 16.6 Å². The van der Waals surface area contributed by atoms with E-state index >= 15 is 0 Å². The molecular weight excluding hydrogens is 212 g/mol. The summed E-state index contributed by atoms with van der Waals surface area (Å²) < 4.78 is 5.57. The minimum absolute atomic E-state index is 0.449. The van der Waals surface area contributed by atoms with Crippen LogP contribution in [0.15, 0.2) is 10.5 Å². The fraction of sp³-hybridized carbons (Fsp3) is 0.455. The first-order chi connectivity index (χ1) is 7.20. The summed E-state index contributed by atoms with van der Waals surface area (Å²) in [4.78, 5) is 8.46. The van der Waals surface area contributed by atoms with Gasteiger partial charge in [-0.1, -0.05) is 24.9 Å². The number of halogens is 1. The lowest BCUT2D eigenvalue weighted by Gasteiger charge is -1.93. The number of aromatic nitrogens is 2. The van der Waals surface area contributed by atoms with Crippen molar-refractivity contribution in [3.63, 3.8) is 0 Å². The van der Waals surface area contributed by atoms with Crippen LogP contribution in [0.2, 0.25) is 5.15 Å². The Balaban J connectivity index is 2.38. The Hall–Kier alpha value is -1.09. The maximum absolute atomic E-state index is 5.89. The summed E-state index contributed by atoms with van der Waals surface area (Å²) in [6, 6.07) is 1.92. The molecule has 0 aliphatic carbocycles. The van der Waals surface area contributed by atoms with Crippen molar-refractivity contribution in [1.82, 2.24) is 9.97 Å². The first kappa shape index (κ1) is 10.4. The lowest BCUT2D eigenvalue weighted by Crippen LogP contribution is -1.85. The average molecular weight is 225 g/mol. The Morgan fingerprint density at radius 3 is 2.93 bits per heavy atom. The molecule has 0 saturated carbocycles. The number of rotatable bonds is 3. The van der Waals surface area contributed by atoms with Gasteiger partial charge < -0.3 is 4.42 Å². The number of hydrogen-bond donors (Lipinski definition) is 0. The molecule has 2 rings (SSSR count). The Labute approximate surface area is 93.5 Å². The van der Waals surface area contributed by atoms with E-state index in [1.54, 1.807) is 0 Å². The van der Waals surface area contributed by atoms with Crippen molar-refractivity contribution in [2.45, 2.75) is 33.1 Å². The molecule has 2 aromatic rings. The smallest absolute Gasteiger partial charge is 0.245 e. The lowest BCUT2D eigenvalue weighted by atomic mass is 10.2. The SMILES string of the molecule is CCCCc1cc2nc(Cl)c(C)nc2o1. The molecule has 0 aliphatic rings. The Morgan fingerprint density at radius 2 is 2.20 bits per heavy atom. The maximum Gasteiger partial charge on any atom is 0.245 e. The molecule has 0 unspecified atom stereocenters. The van der Waals surface area contributed by atoms with Gasteiger partial charge in [0, 0.05) is 12.5 Å². The second-order valence-electron chi connectivity index (χ2n) is 3.61. The zero-order valence-electron chi connectivity index (χ0n) is 8.88. The third-order valence-corrected chi connectivity index (χ3v) is 2.67. The van der Waals surface area contributed by atoms with E-state index in [9.17, 15) is 0 Å². The van der Waals surface area contributed by atoms with E-state index in [1.807, 2.05) is 13.0 Å². The molecule has 0 amide bonds. The van der Waals surface area contributed by atoms with Crippen LogP contribution < -0.4 is 0 Å². The zero-order chi connectivity index (χ0) is 10.8. The molecule has 0 fully saturated rings. The minimum Gasteiger partial charge on any atom is -0.441 e. The number of hydrogen-bond acceptors (Lipinski definition) is 3. The highest BCUT2D eigenvalue weighted by Gasteiger charge is 2.08. The topological polar surface area (TPSA) is 38.9 Å². The molecule has 0 saturated heterocycles. The maximum atomic E-state index is 5.89. The average Bonchev–Trinajstić information content (AvgIpc) is 2.58. The molecule has 0 aromatic carbocycles. The predicted octanol–water partition coefficient (Wildman–Crippen LogP) is 3.53. The molecule has 80 valence electrons. The van der Waals surface area contributed by atoms with Crippen LogP contribution in [0.3, 0.4) is 0 Å². The second kappa shape index (κ2) is 4.19. The molecule has 0 aliphatic heterocycles. The molecular formula is C11H13ClN2O. The van der Waals surface area contributed by atoms with E-state index in [-0.39, 0.29) is 0 Å². The van der Waals surface area contributed by atoms with Crippen molar-refractivity contribution in [3.05, 3.63) is 22.7 Å². The van der Waals surface area contributed by atoms with Gasteiger partial charge in [0.1, 0.15) is 11.3 Å². The molecule has 0 spiro atoms. The van der Waals surface area contributed by atoms with Gasteiger partial charge in [-0.15, -0.1) is 0 Å². The van der Waals surface area contributed by atoms with E-state index < -0.39 is 0 Å². The van der Waals surface area contributed by atoms with Crippen molar-refractivity contribution < 1.29 is 4.42 Å². The van der Waals surface area contributed by atoms with Gasteiger partial charge >= 0.3 is 0 Å². The van der Waals surface area contributed by atoms with Crippen molar-refractivity contribution in [2.75, 3.05) is 0 Å². The van der Waals surface area contributed by atoms with Crippen LogP contribution in [-0.4, -0.2) is 9.97 Å². The quantitative estimate of drug-likeness (QED) is 0.801. The first-order valence-electron chi connectivity index (χ1n) is 5.13. The number of aryl methyl sites for hydroxylation is 2. The molecule has 0 radical (unpaired) electrons. The second-order valence-corrected chi connectivity index (χ2v) is 3.96. The van der Waals surface area contributed by atoms with Gasteiger partial charge in [0.25, 0.3) is 0 Å². The summed E-state index contributed by atoms with van der Waals surface area (Å²) >= 11 is 5.89. The molecule has 15 heavy (non-hydrogen) atoms. The molecule has 4 heteroatoms. The molecule has 2 aromatic heterocycles. The summed E-state index contributed by atoms with van der Waals surface area (Å²) in [7, 11) is 0. The van der Waals surface area contributed by atoms with Crippen LogP contribution in [-0.2, 0) is 6.42 Å². The van der Waals surface area contributed by atoms with Crippen LogP contribution in [0.25, 0.3) is 11.2 Å². The zero-order valence-corrected chi connectivity index (χ0v) is 9.64. The monoisotopic (exact) mass is 224 g/mol. The highest BCUT2D eigenvalue weighted by molar-refractivity contribution is 6.30. The largest absolute Gasteiger partial charge is 0.441 e. The van der Waals surface area contributed by atoms with Crippen molar-refractivity contribution in [3.8, 4) is 0 Å². The normalized spacial score (nSPS) is 11.1. The van der Waals surface area contributed by atoms with Crippen molar-refractivity contribution in [1.29, 1.82) is 0 Å². The molecule has 0 atom stereocenters. The van der Waals surface area contributed by atoms with Gasteiger partial charge in [-0.05, 0) is 13.3 Å². The van der Waals surface area contributed by atoms with Gasteiger partial charge in [0.05, 0.1) is 5.69 Å². The fourth-order valence-corrected chi connectivity index (χ4v) is 1.57. The third-order valence-electron chi connectivity index (χ3n) is 2.31. The predicted molar refractivity (Wildman–Crippen MR) is 60.2 cm³/mol. The Morgan fingerprint density at radius 1 is 1.40 bits per heavy atom.